The predicted octanol–water partition coefficient (Wildman–Crippen LogP) is 4.00. The predicted molar refractivity (Wildman–Crippen MR) is 83.8 cm³/mol. The van der Waals surface area contributed by atoms with Crippen LogP contribution in [0.2, 0.25) is 0 Å². The maximum absolute atomic E-state index is 12.9. The molecular weight excluding hydrogens is 305 g/mol. The molecule has 2 rings (SSSR count). The summed E-state index contributed by atoms with van der Waals surface area (Å²) in [5.41, 5.74) is -0.585. The number of amides is 1. The summed E-state index contributed by atoms with van der Waals surface area (Å²) in [6.07, 6.45) is 4.45. The van der Waals surface area contributed by atoms with Gasteiger partial charge in [-0.05, 0) is 46.0 Å². The van der Waals surface area contributed by atoms with Gasteiger partial charge in [-0.3, -0.25) is 9.46 Å². The average molecular weight is 333 g/mol. The molecule has 0 radical (unpaired) electrons. The van der Waals surface area contributed by atoms with Crippen molar-refractivity contribution >= 4 is 13.7 Å². The third-order valence-electron chi connectivity index (χ3n) is 4.54. The van der Waals surface area contributed by atoms with E-state index in [-0.39, 0.29) is 6.04 Å². The van der Waals surface area contributed by atoms with E-state index >= 15 is 0 Å². The Balaban J connectivity index is 2.30. The van der Waals surface area contributed by atoms with Crippen molar-refractivity contribution in [3.05, 3.63) is 0 Å². The summed E-state index contributed by atoms with van der Waals surface area (Å²) in [6, 6.07) is 0.0761. The van der Waals surface area contributed by atoms with E-state index < -0.39 is 25.1 Å². The van der Waals surface area contributed by atoms with Crippen molar-refractivity contribution in [2.75, 3.05) is 14.2 Å². The highest BCUT2D eigenvalue weighted by Gasteiger charge is 2.53. The van der Waals surface area contributed by atoms with Crippen LogP contribution in [-0.4, -0.2) is 42.6 Å². The van der Waals surface area contributed by atoms with Crippen molar-refractivity contribution in [3.8, 4) is 0 Å². The van der Waals surface area contributed by atoms with Gasteiger partial charge >= 0.3 is 13.7 Å². The van der Waals surface area contributed by atoms with E-state index in [2.05, 4.69) is 0 Å². The van der Waals surface area contributed by atoms with Crippen molar-refractivity contribution in [1.82, 2.24) is 4.90 Å². The summed E-state index contributed by atoms with van der Waals surface area (Å²) in [5, 5.41) is 0. The van der Waals surface area contributed by atoms with Gasteiger partial charge in [-0.2, -0.15) is 0 Å². The van der Waals surface area contributed by atoms with E-state index in [9.17, 15) is 9.36 Å². The number of carbonyl (C=O) groups is 1. The fourth-order valence-electron chi connectivity index (χ4n) is 3.61. The van der Waals surface area contributed by atoms with Gasteiger partial charge in [0.15, 0.2) is 0 Å². The molecule has 128 valence electrons. The number of likely N-dealkylation sites (tertiary alicyclic amines) is 1. The molecule has 2 fully saturated rings. The average Bonchev–Trinajstić information content (AvgIpc) is 2.84. The fourth-order valence-corrected chi connectivity index (χ4v) is 5.34. The summed E-state index contributed by atoms with van der Waals surface area (Å²) >= 11 is 0. The Morgan fingerprint density at radius 2 is 1.73 bits per heavy atom. The zero-order valence-corrected chi connectivity index (χ0v) is 15.1. The van der Waals surface area contributed by atoms with Crippen LogP contribution in [-0.2, 0) is 18.3 Å². The second-order valence-electron chi connectivity index (χ2n) is 7.12. The molecule has 1 heterocycles. The number of hydrogen-bond donors (Lipinski definition) is 0. The Morgan fingerprint density at radius 1 is 1.14 bits per heavy atom. The van der Waals surface area contributed by atoms with Crippen molar-refractivity contribution in [3.63, 3.8) is 0 Å². The van der Waals surface area contributed by atoms with Gasteiger partial charge in [0.05, 0.1) is 0 Å². The fraction of sp³-hybridized carbons (Fsp3) is 0.933. The molecule has 1 saturated heterocycles. The quantitative estimate of drug-likeness (QED) is 0.731. The first-order chi connectivity index (χ1) is 10.2. The Morgan fingerprint density at radius 3 is 2.27 bits per heavy atom. The minimum absolute atomic E-state index is 0.0761. The third kappa shape index (κ3) is 3.50. The number of nitrogens with zero attached hydrogens (tertiary/aromatic N) is 1. The van der Waals surface area contributed by atoms with Crippen LogP contribution in [0.5, 0.6) is 0 Å². The van der Waals surface area contributed by atoms with Crippen molar-refractivity contribution in [2.24, 2.45) is 5.92 Å². The van der Waals surface area contributed by atoms with Crippen LogP contribution in [0.25, 0.3) is 0 Å². The van der Waals surface area contributed by atoms with Crippen molar-refractivity contribution < 1.29 is 23.1 Å². The van der Waals surface area contributed by atoms with Gasteiger partial charge in [0.2, 0.25) is 0 Å². The molecular formula is C15H28NO5P. The lowest BCUT2D eigenvalue weighted by Crippen LogP contribution is -2.46. The molecule has 1 saturated carbocycles. The maximum atomic E-state index is 12.9. The monoisotopic (exact) mass is 333 g/mol. The molecule has 3 atom stereocenters. The van der Waals surface area contributed by atoms with Gasteiger partial charge in [-0.25, -0.2) is 4.79 Å². The van der Waals surface area contributed by atoms with E-state index in [1.54, 1.807) is 4.90 Å². The molecule has 1 aliphatic carbocycles. The van der Waals surface area contributed by atoms with Crippen molar-refractivity contribution in [2.45, 2.75) is 70.3 Å². The van der Waals surface area contributed by atoms with E-state index in [4.69, 9.17) is 13.8 Å². The largest absolute Gasteiger partial charge is 0.444 e. The highest BCUT2D eigenvalue weighted by atomic mass is 31.2. The molecule has 0 aromatic heterocycles. The second-order valence-corrected chi connectivity index (χ2v) is 9.53. The molecule has 7 heteroatoms. The normalized spacial score (nSPS) is 29.3. The molecule has 0 bridgehead atoms. The summed E-state index contributed by atoms with van der Waals surface area (Å²) in [6.45, 7) is 5.50. The van der Waals surface area contributed by atoms with Crippen LogP contribution in [0.4, 0.5) is 4.79 Å². The van der Waals surface area contributed by atoms with Crippen LogP contribution >= 0.6 is 7.60 Å². The van der Waals surface area contributed by atoms with Gasteiger partial charge in [0.25, 0.3) is 0 Å². The highest BCUT2D eigenvalue weighted by Crippen LogP contribution is 2.60. The Hall–Kier alpha value is -0.580. The zero-order valence-electron chi connectivity index (χ0n) is 14.2. The van der Waals surface area contributed by atoms with Gasteiger partial charge in [0.1, 0.15) is 11.4 Å². The van der Waals surface area contributed by atoms with Gasteiger partial charge < -0.3 is 13.8 Å². The maximum Gasteiger partial charge on any atom is 0.411 e. The molecule has 0 aromatic carbocycles. The van der Waals surface area contributed by atoms with E-state index in [1.807, 2.05) is 20.8 Å². The first-order valence-corrected chi connectivity index (χ1v) is 9.55. The molecule has 22 heavy (non-hydrogen) atoms. The zero-order chi connectivity index (χ0) is 16.5. The van der Waals surface area contributed by atoms with E-state index in [0.717, 1.165) is 25.7 Å². The smallest absolute Gasteiger partial charge is 0.411 e. The molecule has 2 aliphatic rings. The Kier molecular flexibility index (Phi) is 5.25. The number of hydrogen-bond acceptors (Lipinski definition) is 5. The molecule has 1 aliphatic heterocycles. The Labute approximate surface area is 133 Å². The topological polar surface area (TPSA) is 65.1 Å². The number of carbonyl (C=O) groups excluding carboxylic acids is 1. The lowest BCUT2D eigenvalue weighted by molar-refractivity contribution is 0.0135. The standard InChI is InChI=1S/C15H28NO5P/c1-15(2,3)21-14(17)16-12-9-7-6-8-11(12)10-13(16)22(18,19-4)20-5/h11-13H,6-10H2,1-5H3/t11-,12-,13-/m0/s1. The molecule has 6 nitrogen and oxygen atoms in total. The van der Waals surface area contributed by atoms with Gasteiger partial charge in [-0.15, -0.1) is 0 Å². The van der Waals surface area contributed by atoms with Crippen LogP contribution in [0.1, 0.15) is 52.9 Å². The molecule has 0 unspecified atom stereocenters. The van der Waals surface area contributed by atoms with Crippen molar-refractivity contribution in [1.29, 1.82) is 0 Å². The van der Waals surface area contributed by atoms with E-state index in [1.165, 1.54) is 14.2 Å². The number of ether oxygens (including phenoxy) is 1. The minimum Gasteiger partial charge on any atom is -0.444 e. The summed E-state index contributed by atoms with van der Waals surface area (Å²) < 4.78 is 28.8. The van der Waals surface area contributed by atoms with Crippen LogP contribution < -0.4 is 0 Å². The first-order valence-electron chi connectivity index (χ1n) is 7.94. The van der Waals surface area contributed by atoms with Gasteiger partial charge in [0, 0.05) is 20.3 Å². The van der Waals surface area contributed by atoms with Gasteiger partial charge in [-0.1, -0.05) is 12.8 Å². The summed E-state index contributed by atoms with van der Waals surface area (Å²) in [4.78, 5) is 14.3. The van der Waals surface area contributed by atoms with Crippen LogP contribution in [0, 0.1) is 5.92 Å². The first kappa shape index (κ1) is 17.8. The van der Waals surface area contributed by atoms with E-state index in [0.29, 0.717) is 12.3 Å². The highest BCUT2D eigenvalue weighted by molar-refractivity contribution is 7.54. The second kappa shape index (κ2) is 6.50. The lowest BCUT2D eigenvalue weighted by Gasteiger charge is -2.36. The third-order valence-corrected chi connectivity index (χ3v) is 6.75. The lowest BCUT2D eigenvalue weighted by atomic mass is 9.85. The molecule has 1 amide bonds. The number of fused-ring (bicyclic) bond motifs is 1. The van der Waals surface area contributed by atoms with Crippen LogP contribution in [0.3, 0.4) is 0 Å². The van der Waals surface area contributed by atoms with Crippen LogP contribution in [0.15, 0.2) is 0 Å². The SMILES string of the molecule is COP(=O)(OC)[C@H]1C[C@@H]2CCCC[C@@H]2N1C(=O)OC(C)(C)C. The summed E-state index contributed by atoms with van der Waals surface area (Å²) in [5.74, 6) is -0.199. The number of rotatable bonds is 3. The minimum atomic E-state index is -3.35. The molecule has 0 N–H and O–H groups in total. The molecule has 0 spiro atoms. The summed E-state index contributed by atoms with van der Waals surface area (Å²) in [7, 11) is -0.603. The molecule has 0 aromatic rings. The Bertz CT molecular complexity index is 453.